The average Bonchev–Trinajstić information content (AvgIpc) is 2.82. The van der Waals surface area contributed by atoms with Crippen molar-refractivity contribution in [1.29, 1.82) is 5.26 Å². The van der Waals surface area contributed by atoms with Crippen LogP contribution in [-0.2, 0) is 4.74 Å². The van der Waals surface area contributed by atoms with Gasteiger partial charge in [0, 0.05) is 30.0 Å². The lowest BCUT2D eigenvalue weighted by molar-refractivity contribution is -0.124. The maximum atomic E-state index is 9.43. The third-order valence-corrected chi connectivity index (χ3v) is 7.41. The van der Waals surface area contributed by atoms with E-state index >= 15 is 0 Å². The molecule has 0 saturated carbocycles. The van der Waals surface area contributed by atoms with E-state index < -0.39 is 0 Å². The molecule has 5 rings (SSSR count). The third-order valence-electron chi connectivity index (χ3n) is 7.41. The van der Waals surface area contributed by atoms with Gasteiger partial charge in [-0.15, -0.1) is 0 Å². The summed E-state index contributed by atoms with van der Waals surface area (Å²) >= 11 is 0. The van der Waals surface area contributed by atoms with E-state index in [1.165, 1.54) is 0 Å². The van der Waals surface area contributed by atoms with Crippen LogP contribution >= 0.6 is 0 Å². The summed E-state index contributed by atoms with van der Waals surface area (Å²) < 4.78 is 11.3. The van der Waals surface area contributed by atoms with Crippen LogP contribution < -0.4 is 15.0 Å². The first-order valence-corrected chi connectivity index (χ1v) is 11.9. The third kappa shape index (κ3) is 3.92. The Hall–Kier alpha value is -3.37. The molecular weight excluding hydrogens is 426 g/mol. The van der Waals surface area contributed by atoms with E-state index in [9.17, 15) is 5.26 Å². The molecule has 0 aliphatic carbocycles. The van der Waals surface area contributed by atoms with Gasteiger partial charge in [-0.05, 0) is 56.9 Å². The summed E-state index contributed by atoms with van der Waals surface area (Å²) in [5, 5.41) is 14.0. The quantitative estimate of drug-likeness (QED) is 0.582. The fourth-order valence-corrected chi connectivity index (χ4v) is 5.21. The molecule has 1 aromatic heterocycles. The summed E-state index contributed by atoms with van der Waals surface area (Å²) in [5.41, 5.74) is 5.08. The predicted octanol–water partition coefficient (Wildman–Crippen LogP) is 4.92. The number of anilines is 2. The van der Waals surface area contributed by atoms with Crippen molar-refractivity contribution < 1.29 is 9.47 Å². The van der Waals surface area contributed by atoms with Gasteiger partial charge in [0.25, 0.3) is 0 Å². The molecule has 7 nitrogen and oxygen atoms in total. The van der Waals surface area contributed by atoms with Gasteiger partial charge in [-0.2, -0.15) is 5.26 Å². The molecule has 7 heteroatoms. The van der Waals surface area contributed by atoms with Gasteiger partial charge in [-0.25, -0.2) is 9.97 Å². The largest absolute Gasteiger partial charge is 0.495 e. The van der Waals surface area contributed by atoms with Crippen LogP contribution in [0.3, 0.4) is 0 Å². The number of methoxy groups -OCH3 is 1. The van der Waals surface area contributed by atoms with Gasteiger partial charge < -0.3 is 19.7 Å². The summed E-state index contributed by atoms with van der Waals surface area (Å²) in [6, 6.07) is 12.3. The second kappa shape index (κ2) is 8.77. The number of nitrogens with one attached hydrogen (secondary N) is 1. The highest BCUT2D eigenvalue weighted by Gasteiger charge is 2.41. The lowest BCUT2D eigenvalue weighted by atomic mass is 9.77. The van der Waals surface area contributed by atoms with Crippen LogP contribution in [0.25, 0.3) is 10.9 Å². The van der Waals surface area contributed by atoms with Crippen molar-refractivity contribution in [2.24, 2.45) is 5.41 Å². The van der Waals surface area contributed by atoms with Gasteiger partial charge >= 0.3 is 0 Å². The van der Waals surface area contributed by atoms with Gasteiger partial charge in [-0.1, -0.05) is 12.1 Å². The normalized spacial score (nSPS) is 17.8. The van der Waals surface area contributed by atoms with Crippen LogP contribution in [0.1, 0.15) is 48.3 Å². The van der Waals surface area contributed by atoms with Gasteiger partial charge in [-0.3, -0.25) is 0 Å². The fourth-order valence-electron chi connectivity index (χ4n) is 5.21. The molecule has 0 radical (unpaired) electrons. The van der Waals surface area contributed by atoms with Crippen LogP contribution in [-0.4, -0.2) is 43.4 Å². The summed E-state index contributed by atoms with van der Waals surface area (Å²) in [5.74, 6) is 2.33. The van der Waals surface area contributed by atoms with E-state index in [4.69, 9.17) is 19.4 Å². The number of hydrogen-bond donors (Lipinski definition) is 1. The van der Waals surface area contributed by atoms with Crippen LogP contribution in [0.15, 0.2) is 30.3 Å². The summed E-state index contributed by atoms with van der Waals surface area (Å²) in [4.78, 5) is 11.9. The Balaban J connectivity index is 1.51. The van der Waals surface area contributed by atoms with E-state index in [1.54, 1.807) is 7.11 Å². The van der Waals surface area contributed by atoms with Crippen molar-refractivity contribution in [2.75, 3.05) is 43.6 Å². The Bertz CT molecular complexity index is 1270. The summed E-state index contributed by atoms with van der Waals surface area (Å²) in [6.45, 7) is 9.75. The molecule has 2 fully saturated rings. The van der Waals surface area contributed by atoms with E-state index in [2.05, 4.69) is 35.3 Å². The molecule has 1 N–H and O–H groups in total. The second-order valence-corrected chi connectivity index (χ2v) is 9.64. The highest BCUT2D eigenvalue weighted by atomic mass is 16.5. The SMILES string of the molecule is COc1cc2nc(C)nc(N[C@H](C)c3cccc(C#N)c3C)c2cc1N1CCC2(CC1)COC2. The number of nitrogens with zero attached hydrogens (tertiary/aromatic N) is 4. The van der Waals surface area contributed by atoms with Crippen molar-refractivity contribution in [3.63, 3.8) is 0 Å². The first-order chi connectivity index (χ1) is 16.4. The zero-order valence-corrected chi connectivity index (χ0v) is 20.3. The maximum Gasteiger partial charge on any atom is 0.144 e. The second-order valence-electron chi connectivity index (χ2n) is 9.64. The molecule has 3 heterocycles. The Morgan fingerprint density at radius 1 is 1.18 bits per heavy atom. The van der Waals surface area contributed by atoms with Crippen LogP contribution in [0.5, 0.6) is 5.75 Å². The molecule has 34 heavy (non-hydrogen) atoms. The van der Waals surface area contributed by atoms with E-state index in [-0.39, 0.29) is 6.04 Å². The first kappa shape index (κ1) is 22.4. The topological polar surface area (TPSA) is 83.3 Å². The zero-order valence-electron chi connectivity index (χ0n) is 20.3. The molecule has 2 aromatic carbocycles. The van der Waals surface area contributed by atoms with Crippen molar-refractivity contribution in [1.82, 2.24) is 9.97 Å². The number of piperidine rings is 1. The standard InChI is InChI=1S/C27H31N5O2/c1-17-20(14-28)6-5-7-21(17)18(2)29-26-22-12-24(25(33-4)13-23(22)30-19(3)31-26)32-10-8-27(9-11-32)15-34-16-27/h5-7,12-13,18H,8-11,15-16H2,1-4H3,(H,29,30,31)/t18-/m1/s1. The number of aryl methyl sites for hydroxylation is 1. The lowest BCUT2D eigenvalue weighted by Crippen LogP contribution is -2.51. The molecule has 0 unspecified atom stereocenters. The number of aromatic nitrogens is 2. The minimum atomic E-state index is -0.0233. The van der Waals surface area contributed by atoms with Crippen LogP contribution in [0.4, 0.5) is 11.5 Å². The van der Waals surface area contributed by atoms with Gasteiger partial charge in [0.1, 0.15) is 17.4 Å². The molecule has 1 atom stereocenters. The number of nitriles is 1. The Kier molecular flexibility index (Phi) is 5.78. The van der Waals surface area contributed by atoms with Gasteiger partial charge in [0.15, 0.2) is 0 Å². The number of fused-ring (bicyclic) bond motifs is 1. The minimum Gasteiger partial charge on any atom is -0.495 e. The van der Waals surface area contributed by atoms with Crippen LogP contribution in [0.2, 0.25) is 0 Å². The molecule has 2 aliphatic heterocycles. The molecule has 2 saturated heterocycles. The smallest absolute Gasteiger partial charge is 0.144 e. The molecule has 3 aromatic rings. The Morgan fingerprint density at radius 3 is 2.59 bits per heavy atom. The van der Waals surface area contributed by atoms with E-state index in [1.807, 2.05) is 32.0 Å². The maximum absolute atomic E-state index is 9.43. The predicted molar refractivity (Wildman–Crippen MR) is 133 cm³/mol. The molecule has 0 amide bonds. The zero-order chi connectivity index (χ0) is 23.9. The van der Waals surface area contributed by atoms with E-state index in [0.29, 0.717) is 16.8 Å². The molecule has 1 spiro atoms. The van der Waals surface area contributed by atoms with Crippen molar-refractivity contribution in [3.05, 3.63) is 52.8 Å². The number of hydrogen-bond acceptors (Lipinski definition) is 7. The highest BCUT2D eigenvalue weighted by Crippen LogP contribution is 2.42. The monoisotopic (exact) mass is 457 g/mol. The number of ether oxygens (including phenoxy) is 2. The number of benzene rings is 2. The Labute approximate surface area is 200 Å². The van der Waals surface area contributed by atoms with Crippen molar-refractivity contribution >= 4 is 22.4 Å². The Morgan fingerprint density at radius 2 is 1.94 bits per heavy atom. The minimum absolute atomic E-state index is 0.0233. The molecule has 2 aliphatic rings. The summed E-state index contributed by atoms with van der Waals surface area (Å²) in [7, 11) is 1.72. The van der Waals surface area contributed by atoms with Gasteiger partial charge in [0.05, 0.1) is 49.2 Å². The van der Waals surface area contributed by atoms with Crippen LogP contribution in [0, 0.1) is 30.6 Å². The molecule has 0 bridgehead atoms. The number of rotatable bonds is 5. The van der Waals surface area contributed by atoms with Crippen molar-refractivity contribution in [2.45, 2.75) is 39.7 Å². The fraction of sp³-hybridized carbons (Fsp3) is 0.444. The van der Waals surface area contributed by atoms with E-state index in [0.717, 1.165) is 78.4 Å². The van der Waals surface area contributed by atoms with Crippen molar-refractivity contribution in [3.8, 4) is 11.8 Å². The lowest BCUT2D eigenvalue weighted by Gasteiger charge is -2.48. The highest BCUT2D eigenvalue weighted by molar-refractivity contribution is 5.94. The van der Waals surface area contributed by atoms with Gasteiger partial charge in [0.2, 0.25) is 0 Å². The summed E-state index contributed by atoms with van der Waals surface area (Å²) in [6.07, 6.45) is 2.27. The molecular formula is C27H31N5O2. The molecule has 176 valence electrons. The average molecular weight is 458 g/mol. The first-order valence-electron chi connectivity index (χ1n) is 11.9.